The van der Waals surface area contributed by atoms with Gasteiger partial charge in [0.1, 0.15) is 11.6 Å². The van der Waals surface area contributed by atoms with Crippen LogP contribution in [0, 0.1) is 14.9 Å². The van der Waals surface area contributed by atoms with Gasteiger partial charge in [-0.2, -0.15) is 5.26 Å². The first-order valence-electron chi connectivity index (χ1n) is 8.49. The highest BCUT2D eigenvalue weighted by atomic mass is 127. The molecule has 0 aliphatic rings. The molecule has 3 aromatic rings. The Balaban J connectivity index is 1.83. The zero-order valence-corrected chi connectivity index (χ0v) is 16.9. The van der Waals surface area contributed by atoms with Crippen molar-refractivity contribution in [1.29, 1.82) is 5.26 Å². The summed E-state index contributed by atoms with van der Waals surface area (Å²) in [5, 5.41) is 12.4. The van der Waals surface area contributed by atoms with E-state index in [-0.39, 0.29) is 17.5 Å². The Morgan fingerprint density at radius 1 is 1.11 bits per heavy atom. The zero-order chi connectivity index (χ0) is 19.2. The molecule has 134 valence electrons. The van der Waals surface area contributed by atoms with Crippen LogP contribution in [0.15, 0.2) is 78.5 Å². The standard InChI is InChI=1S/C22H18IN3O/c1-16(17-6-3-2-4-7-17)25-22(27)18(15-24)14-21-8-5-13-26(21)20-11-9-19(23)10-12-20/h2-14,16H,1H3,(H,25,27)/b18-14-/t16-/m0/s1. The van der Waals surface area contributed by atoms with Crippen molar-refractivity contribution < 1.29 is 4.79 Å². The van der Waals surface area contributed by atoms with Crippen LogP contribution in [0.3, 0.4) is 0 Å². The van der Waals surface area contributed by atoms with Crippen molar-refractivity contribution >= 4 is 34.6 Å². The Kier molecular flexibility index (Phi) is 6.09. The Hall–Kier alpha value is -2.85. The number of nitrogens with one attached hydrogen (secondary N) is 1. The van der Waals surface area contributed by atoms with Crippen molar-refractivity contribution in [2.45, 2.75) is 13.0 Å². The molecule has 27 heavy (non-hydrogen) atoms. The molecule has 1 N–H and O–H groups in total. The zero-order valence-electron chi connectivity index (χ0n) is 14.8. The fourth-order valence-corrected chi connectivity index (χ4v) is 3.10. The largest absolute Gasteiger partial charge is 0.345 e. The number of aromatic nitrogens is 1. The Bertz CT molecular complexity index is 998. The second kappa shape index (κ2) is 8.69. The van der Waals surface area contributed by atoms with Crippen LogP contribution in [0.5, 0.6) is 0 Å². The monoisotopic (exact) mass is 467 g/mol. The van der Waals surface area contributed by atoms with Gasteiger partial charge in [-0.3, -0.25) is 4.79 Å². The molecule has 1 heterocycles. The van der Waals surface area contributed by atoms with E-state index >= 15 is 0 Å². The second-order valence-corrected chi connectivity index (χ2v) is 7.30. The molecular formula is C22H18IN3O. The van der Waals surface area contributed by atoms with Gasteiger partial charge in [-0.15, -0.1) is 0 Å². The number of carbonyl (C=O) groups is 1. The van der Waals surface area contributed by atoms with Gasteiger partial charge in [0.2, 0.25) is 0 Å². The highest BCUT2D eigenvalue weighted by Crippen LogP contribution is 2.18. The summed E-state index contributed by atoms with van der Waals surface area (Å²) >= 11 is 2.26. The van der Waals surface area contributed by atoms with Crippen LogP contribution in [0.1, 0.15) is 24.2 Å². The lowest BCUT2D eigenvalue weighted by Crippen LogP contribution is -2.27. The van der Waals surface area contributed by atoms with Crippen molar-refractivity contribution in [2.75, 3.05) is 0 Å². The molecule has 3 rings (SSSR count). The van der Waals surface area contributed by atoms with Crippen LogP contribution in [0.2, 0.25) is 0 Å². The van der Waals surface area contributed by atoms with E-state index in [1.54, 1.807) is 6.08 Å². The molecule has 0 bridgehead atoms. The van der Waals surface area contributed by atoms with Gasteiger partial charge < -0.3 is 9.88 Å². The summed E-state index contributed by atoms with van der Waals surface area (Å²) < 4.78 is 3.09. The molecule has 1 atom stereocenters. The van der Waals surface area contributed by atoms with Gasteiger partial charge in [0.25, 0.3) is 5.91 Å². The topological polar surface area (TPSA) is 57.8 Å². The van der Waals surface area contributed by atoms with E-state index < -0.39 is 0 Å². The van der Waals surface area contributed by atoms with E-state index in [0.29, 0.717) is 0 Å². The van der Waals surface area contributed by atoms with Crippen LogP contribution >= 0.6 is 22.6 Å². The maximum absolute atomic E-state index is 12.6. The van der Waals surface area contributed by atoms with Crippen LogP contribution in [-0.4, -0.2) is 10.5 Å². The van der Waals surface area contributed by atoms with Gasteiger partial charge in [0.05, 0.1) is 6.04 Å². The minimum atomic E-state index is -0.385. The van der Waals surface area contributed by atoms with Crippen LogP contribution in [0.25, 0.3) is 11.8 Å². The van der Waals surface area contributed by atoms with Crippen molar-refractivity contribution in [3.05, 3.63) is 93.3 Å². The number of halogens is 1. The van der Waals surface area contributed by atoms with Gasteiger partial charge in [-0.25, -0.2) is 0 Å². The Labute approximate surface area is 172 Å². The number of hydrogen-bond donors (Lipinski definition) is 1. The predicted molar refractivity (Wildman–Crippen MR) is 115 cm³/mol. The lowest BCUT2D eigenvalue weighted by Gasteiger charge is -2.14. The fourth-order valence-electron chi connectivity index (χ4n) is 2.74. The van der Waals surface area contributed by atoms with Crippen molar-refractivity contribution in [3.8, 4) is 11.8 Å². The van der Waals surface area contributed by atoms with Crippen molar-refractivity contribution in [3.63, 3.8) is 0 Å². The summed E-state index contributed by atoms with van der Waals surface area (Å²) in [5.41, 5.74) is 2.81. The van der Waals surface area contributed by atoms with Gasteiger partial charge in [-0.1, -0.05) is 30.3 Å². The third-order valence-electron chi connectivity index (χ3n) is 4.19. The fraction of sp³-hybridized carbons (Fsp3) is 0.0909. The van der Waals surface area contributed by atoms with Gasteiger partial charge in [0.15, 0.2) is 0 Å². The number of rotatable bonds is 5. The smallest absolute Gasteiger partial charge is 0.262 e. The Morgan fingerprint density at radius 3 is 2.48 bits per heavy atom. The molecule has 0 fully saturated rings. The maximum atomic E-state index is 12.6. The lowest BCUT2D eigenvalue weighted by molar-refractivity contribution is -0.117. The van der Waals surface area contributed by atoms with Crippen LogP contribution in [0.4, 0.5) is 0 Å². The molecule has 0 aliphatic carbocycles. The summed E-state index contributed by atoms with van der Waals surface area (Å²) in [6, 6.07) is 23.3. The molecule has 0 saturated carbocycles. The number of carbonyl (C=O) groups excluding carboxylic acids is 1. The molecule has 1 aromatic heterocycles. The molecule has 0 saturated heterocycles. The molecule has 5 heteroatoms. The maximum Gasteiger partial charge on any atom is 0.262 e. The molecule has 2 aromatic carbocycles. The number of amides is 1. The minimum absolute atomic E-state index is 0.0724. The van der Waals surface area contributed by atoms with E-state index in [1.165, 1.54) is 0 Å². The van der Waals surface area contributed by atoms with Gasteiger partial charge in [0, 0.05) is 21.1 Å². The first kappa shape index (κ1) is 18.9. The molecule has 0 aliphatic heterocycles. The van der Waals surface area contributed by atoms with E-state index in [1.807, 2.05) is 90.5 Å². The number of hydrogen-bond acceptors (Lipinski definition) is 2. The summed E-state index contributed by atoms with van der Waals surface area (Å²) in [7, 11) is 0. The molecule has 0 unspecified atom stereocenters. The predicted octanol–water partition coefficient (Wildman–Crippen LogP) is 4.87. The molecule has 1 amide bonds. The average Bonchev–Trinajstić information content (AvgIpc) is 3.15. The third-order valence-corrected chi connectivity index (χ3v) is 4.91. The number of nitrogens with zero attached hydrogens (tertiary/aromatic N) is 2. The summed E-state index contributed by atoms with van der Waals surface area (Å²) in [5.74, 6) is -0.385. The van der Waals surface area contributed by atoms with E-state index in [9.17, 15) is 10.1 Å². The summed E-state index contributed by atoms with van der Waals surface area (Å²) in [6.45, 7) is 1.90. The summed E-state index contributed by atoms with van der Waals surface area (Å²) in [4.78, 5) is 12.6. The first-order chi connectivity index (χ1) is 13.1. The van der Waals surface area contributed by atoms with E-state index in [0.717, 1.165) is 20.5 Å². The van der Waals surface area contributed by atoms with Gasteiger partial charge >= 0.3 is 0 Å². The van der Waals surface area contributed by atoms with E-state index in [4.69, 9.17) is 0 Å². The van der Waals surface area contributed by atoms with Crippen molar-refractivity contribution in [1.82, 2.24) is 9.88 Å². The number of benzene rings is 2. The SMILES string of the molecule is C[C@H](NC(=O)/C(C#N)=C\c1cccn1-c1ccc(I)cc1)c1ccccc1. The highest BCUT2D eigenvalue weighted by molar-refractivity contribution is 14.1. The van der Waals surface area contributed by atoms with Crippen molar-refractivity contribution in [2.24, 2.45) is 0 Å². The summed E-state index contributed by atoms with van der Waals surface area (Å²) in [6.07, 6.45) is 3.53. The highest BCUT2D eigenvalue weighted by Gasteiger charge is 2.14. The van der Waals surface area contributed by atoms with Crippen LogP contribution in [-0.2, 0) is 4.79 Å². The first-order valence-corrected chi connectivity index (χ1v) is 9.57. The number of nitriles is 1. The molecule has 0 spiro atoms. The average molecular weight is 467 g/mol. The van der Waals surface area contributed by atoms with E-state index in [2.05, 4.69) is 27.9 Å². The molecular weight excluding hydrogens is 449 g/mol. The lowest BCUT2D eigenvalue weighted by atomic mass is 10.1. The normalized spacial score (nSPS) is 12.3. The quantitative estimate of drug-likeness (QED) is 0.331. The van der Waals surface area contributed by atoms with Crippen LogP contribution < -0.4 is 5.32 Å². The minimum Gasteiger partial charge on any atom is -0.345 e. The molecule has 4 nitrogen and oxygen atoms in total. The van der Waals surface area contributed by atoms with Gasteiger partial charge in [-0.05, 0) is 77.6 Å². The second-order valence-electron chi connectivity index (χ2n) is 6.06. The third kappa shape index (κ3) is 4.66. The molecule has 0 radical (unpaired) electrons. The Morgan fingerprint density at radius 2 is 1.81 bits per heavy atom.